The van der Waals surface area contributed by atoms with Crippen molar-refractivity contribution < 1.29 is 9.90 Å². The molecule has 1 radical (unpaired) electrons. The number of carboxylic acid groups (broad SMARTS) is 1. The van der Waals surface area contributed by atoms with Crippen molar-refractivity contribution in [2.75, 3.05) is 0 Å². The topological polar surface area (TPSA) is 77.4 Å². The van der Waals surface area contributed by atoms with Crippen LogP contribution in [0.3, 0.4) is 0 Å². The molecule has 0 bridgehead atoms. The molecule has 0 saturated carbocycles. The van der Waals surface area contributed by atoms with Crippen LogP contribution in [0, 0.1) is 0 Å². The molecule has 0 aromatic heterocycles. The lowest BCUT2D eigenvalue weighted by Gasteiger charge is -2.06. The summed E-state index contributed by atoms with van der Waals surface area (Å²) in [5.41, 5.74) is 3.23. The summed E-state index contributed by atoms with van der Waals surface area (Å²) in [5.74, 6) is 3.92. The molecule has 4 nitrogen and oxygen atoms in total. The van der Waals surface area contributed by atoms with Gasteiger partial charge in [-0.2, -0.15) is 5.43 Å². The summed E-state index contributed by atoms with van der Waals surface area (Å²) in [5, 5.41) is 8.43. The van der Waals surface area contributed by atoms with Crippen LogP contribution >= 0.6 is 0 Å². The Kier molecular flexibility index (Phi) is 4.88. The molecule has 0 rings (SSSR count). The molecule has 10 heavy (non-hydrogen) atoms. The highest BCUT2D eigenvalue weighted by Crippen LogP contribution is 1.99. The Bertz CT molecular complexity index is 106. The van der Waals surface area contributed by atoms with E-state index in [9.17, 15) is 4.79 Å². The summed E-state index contributed by atoms with van der Waals surface area (Å²) in [6, 6.07) is -0.708. The van der Waals surface area contributed by atoms with Gasteiger partial charge in [-0.3, -0.25) is 10.6 Å². The van der Waals surface area contributed by atoms with Crippen LogP contribution in [0.15, 0.2) is 0 Å². The Labute approximate surface area is 60.4 Å². The Balaban J connectivity index is 3.50. The minimum atomic E-state index is -0.934. The minimum Gasteiger partial charge on any atom is -0.480 e. The molecule has 0 aliphatic heterocycles. The quantitative estimate of drug-likeness (QED) is 0.425. The largest absolute Gasteiger partial charge is 0.480 e. The van der Waals surface area contributed by atoms with Gasteiger partial charge in [-0.05, 0) is 6.42 Å². The molecule has 0 aromatic rings. The van der Waals surface area contributed by atoms with E-state index in [1.54, 1.807) is 0 Å². The van der Waals surface area contributed by atoms with Crippen molar-refractivity contribution in [1.29, 1.82) is 0 Å². The molecule has 3 N–H and O–H groups in total. The minimum absolute atomic E-state index is 0.544. The van der Waals surface area contributed by atoms with E-state index >= 15 is 0 Å². The van der Waals surface area contributed by atoms with Crippen LogP contribution in [0.5, 0.6) is 0 Å². The maximum atomic E-state index is 10.3. The third-order valence-corrected chi connectivity index (χ3v) is 1.30. The molecule has 4 heteroatoms. The predicted octanol–water partition coefficient (Wildman–Crippen LogP) is 0.108. The van der Waals surface area contributed by atoms with Crippen LogP contribution < -0.4 is 11.3 Å². The molecule has 0 aliphatic rings. The average Bonchev–Trinajstić information content (AvgIpc) is 1.89. The van der Waals surface area contributed by atoms with Gasteiger partial charge in [0.25, 0.3) is 0 Å². The van der Waals surface area contributed by atoms with Gasteiger partial charge in [0, 0.05) is 0 Å². The zero-order valence-corrected chi connectivity index (χ0v) is 6.08. The summed E-state index contributed by atoms with van der Waals surface area (Å²) in [6.07, 6.45) is 2.37. The molecule has 0 aliphatic carbocycles. The first kappa shape index (κ1) is 9.39. The molecule has 0 aromatic carbocycles. The van der Waals surface area contributed by atoms with E-state index in [4.69, 9.17) is 10.9 Å². The van der Waals surface area contributed by atoms with Crippen LogP contribution in [0.4, 0.5) is 0 Å². The predicted molar refractivity (Wildman–Crippen MR) is 37.3 cm³/mol. The number of hydrogen-bond donors (Lipinski definition) is 2. The van der Waals surface area contributed by atoms with Crippen LogP contribution in [0.25, 0.3) is 0 Å². The summed E-state index contributed by atoms with van der Waals surface area (Å²) in [7, 11) is 0. The van der Waals surface area contributed by atoms with Crippen molar-refractivity contribution in [3.63, 3.8) is 0 Å². The van der Waals surface area contributed by atoms with Crippen LogP contribution in [-0.4, -0.2) is 17.1 Å². The number of nitrogens with zero attached hydrogens (tertiary/aromatic N) is 1. The second-order valence-electron chi connectivity index (χ2n) is 2.15. The lowest BCUT2D eigenvalue weighted by molar-refractivity contribution is -0.139. The summed E-state index contributed by atoms with van der Waals surface area (Å²) >= 11 is 0. The van der Waals surface area contributed by atoms with Gasteiger partial charge < -0.3 is 5.11 Å². The van der Waals surface area contributed by atoms with Crippen molar-refractivity contribution in [3.05, 3.63) is 0 Å². The van der Waals surface area contributed by atoms with Crippen LogP contribution in [-0.2, 0) is 4.79 Å². The smallest absolute Gasteiger partial charge is 0.323 e. The normalized spacial score (nSPS) is 13.0. The van der Waals surface area contributed by atoms with E-state index < -0.39 is 12.0 Å². The maximum Gasteiger partial charge on any atom is 0.323 e. The van der Waals surface area contributed by atoms with E-state index in [2.05, 4.69) is 5.43 Å². The molecule has 0 amide bonds. The summed E-state index contributed by atoms with van der Waals surface area (Å²) in [4.78, 5) is 10.3. The number of carbonyl (C=O) groups is 1. The third kappa shape index (κ3) is 3.42. The molecule has 0 heterocycles. The van der Waals surface area contributed by atoms with E-state index in [0.29, 0.717) is 6.42 Å². The Morgan fingerprint density at radius 1 is 1.80 bits per heavy atom. The van der Waals surface area contributed by atoms with Crippen molar-refractivity contribution in [2.24, 2.45) is 5.84 Å². The highest BCUT2D eigenvalue weighted by molar-refractivity contribution is 5.73. The van der Waals surface area contributed by atoms with Crippen LogP contribution in [0.2, 0.25) is 0 Å². The molecule has 59 valence electrons. The fourth-order valence-electron chi connectivity index (χ4n) is 0.659. The van der Waals surface area contributed by atoms with E-state index in [1.165, 1.54) is 0 Å². The van der Waals surface area contributed by atoms with Crippen molar-refractivity contribution in [1.82, 2.24) is 5.43 Å². The van der Waals surface area contributed by atoms with Gasteiger partial charge in [0.1, 0.15) is 6.04 Å². The summed E-state index contributed by atoms with van der Waals surface area (Å²) < 4.78 is 0. The van der Waals surface area contributed by atoms with Gasteiger partial charge >= 0.3 is 5.97 Å². The second-order valence-corrected chi connectivity index (χ2v) is 2.15. The lowest BCUT2D eigenvalue weighted by atomic mass is 10.1. The van der Waals surface area contributed by atoms with E-state index in [0.717, 1.165) is 12.8 Å². The number of unbranched alkanes of at least 4 members (excludes halogenated alkanes) is 1. The first-order valence-corrected chi connectivity index (χ1v) is 3.35. The SMILES string of the molecule is CCCCC([N]N)C(=O)O. The number of aliphatic carboxylic acids is 1. The molecule has 1 unspecified atom stereocenters. The Hall–Kier alpha value is -0.610. The molecule has 0 spiro atoms. The van der Waals surface area contributed by atoms with Gasteiger partial charge in [-0.25, -0.2) is 0 Å². The lowest BCUT2D eigenvalue weighted by Crippen LogP contribution is -2.34. The van der Waals surface area contributed by atoms with E-state index in [1.807, 2.05) is 6.92 Å². The highest BCUT2D eigenvalue weighted by atomic mass is 16.4. The summed E-state index contributed by atoms with van der Waals surface area (Å²) in [6.45, 7) is 2.00. The van der Waals surface area contributed by atoms with Crippen molar-refractivity contribution in [3.8, 4) is 0 Å². The van der Waals surface area contributed by atoms with Crippen LogP contribution in [0.1, 0.15) is 26.2 Å². The van der Waals surface area contributed by atoms with Gasteiger partial charge in [-0.1, -0.05) is 19.8 Å². The van der Waals surface area contributed by atoms with E-state index in [-0.39, 0.29) is 0 Å². The second kappa shape index (κ2) is 5.20. The van der Waals surface area contributed by atoms with Gasteiger partial charge in [-0.15, -0.1) is 0 Å². The number of nitrogens with two attached hydrogens (primary N) is 1. The molecular formula is C6H13N2O2. The number of rotatable bonds is 5. The zero-order chi connectivity index (χ0) is 7.98. The highest BCUT2D eigenvalue weighted by Gasteiger charge is 2.14. The maximum absolute atomic E-state index is 10.3. The number of hydrogen-bond acceptors (Lipinski definition) is 2. The Morgan fingerprint density at radius 3 is 2.70 bits per heavy atom. The fraction of sp³-hybridized carbons (Fsp3) is 0.833. The molecular weight excluding hydrogens is 132 g/mol. The Morgan fingerprint density at radius 2 is 2.40 bits per heavy atom. The standard InChI is InChI=1S/C6H13N2O2/c1-2-3-4-5(8-7)6(9)10/h5H,2-4,7H2,1H3,(H,9,10). The zero-order valence-electron chi connectivity index (χ0n) is 6.08. The van der Waals surface area contributed by atoms with Crippen molar-refractivity contribution >= 4 is 5.97 Å². The van der Waals surface area contributed by atoms with Gasteiger partial charge in [0.2, 0.25) is 0 Å². The monoisotopic (exact) mass is 145 g/mol. The number of carboxylic acids is 1. The first-order chi connectivity index (χ1) is 4.72. The fourth-order valence-corrected chi connectivity index (χ4v) is 0.659. The molecule has 0 saturated heterocycles. The first-order valence-electron chi connectivity index (χ1n) is 3.35. The average molecular weight is 145 g/mol. The molecule has 0 fully saturated rings. The van der Waals surface area contributed by atoms with Gasteiger partial charge in [0.15, 0.2) is 0 Å². The van der Waals surface area contributed by atoms with Gasteiger partial charge in [0.05, 0.1) is 0 Å². The third-order valence-electron chi connectivity index (χ3n) is 1.30. The molecule has 1 atom stereocenters. The van der Waals surface area contributed by atoms with Crippen molar-refractivity contribution in [2.45, 2.75) is 32.2 Å².